The van der Waals surface area contributed by atoms with Crippen LogP contribution in [0.15, 0.2) is 54.6 Å². The highest BCUT2D eigenvalue weighted by molar-refractivity contribution is 5.82. The summed E-state index contributed by atoms with van der Waals surface area (Å²) in [6.45, 7) is 1.84. The zero-order chi connectivity index (χ0) is 19.4. The molecule has 0 unspecified atom stereocenters. The van der Waals surface area contributed by atoms with E-state index in [9.17, 15) is 18.0 Å². The molecule has 0 aliphatic carbocycles. The predicted octanol–water partition coefficient (Wildman–Crippen LogP) is 2.92. The molecule has 0 bridgehead atoms. The number of amides is 1. The quantitative estimate of drug-likeness (QED) is 0.891. The number of hydrogen-bond acceptors (Lipinski definition) is 3. The van der Waals surface area contributed by atoms with Gasteiger partial charge in [0.05, 0.1) is 11.6 Å². The molecule has 1 fully saturated rings. The van der Waals surface area contributed by atoms with Crippen LogP contribution in [0.5, 0.6) is 0 Å². The van der Waals surface area contributed by atoms with Gasteiger partial charge < -0.3 is 15.5 Å². The van der Waals surface area contributed by atoms with Crippen LogP contribution in [-0.4, -0.2) is 43.0 Å². The Hall–Kier alpha value is -2.54. The lowest BCUT2D eigenvalue weighted by Gasteiger charge is -2.37. The zero-order valence-electron chi connectivity index (χ0n) is 14.8. The Bertz CT molecular complexity index is 772. The molecule has 0 radical (unpaired) electrons. The number of benzene rings is 2. The van der Waals surface area contributed by atoms with Gasteiger partial charge in [0.1, 0.15) is 0 Å². The monoisotopic (exact) mass is 377 g/mol. The lowest BCUT2D eigenvalue weighted by atomic mass is 10.1. The van der Waals surface area contributed by atoms with Gasteiger partial charge in [-0.05, 0) is 30.2 Å². The molecule has 0 aromatic heterocycles. The zero-order valence-corrected chi connectivity index (χ0v) is 14.8. The van der Waals surface area contributed by atoms with Crippen molar-refractivity contribution in [3.8, 4) is 0 Å². The van der Waals surface area contributed by atoms with E-state index < -0.39 is 17.8 Å². The summed E-state index contributed by atoms with van der Waals surface area (Å²) in [5.41, 5.74) is 6.92. The average molecular weight is 377 g/mol. The van der Waals surface area contributed by atoms with Crippen LogP contribution < -0.4 is 10.6 Å². The summed E-state index contributed by atoms with van der Waals surface area (Å²) >= 11 is 0. The molecule has 144 valence electrons. The molecule has 7 heteroatoms. The van der Waals surface area contributed by atoms with Crippen LogP contribution in [0.4, 0.5) is 18.9 Å². The molecule has 0 saturated carbocycles. The maximum atomic E-state index is 12.9. The van der Waals surface area contributed by atoms with Gasteiger partial charge in [-0.1, -0.05) is 36.4 Å². The number of alkyl halides is 3. The summed E-state index contributed by atoms with van der Waals surface area (Å²) in [5.74, 6) is -0.123. The van der Waals surface area contributed by atoms with Crippen molar-refractivity contribution in [1.82, 2.24) is 4.90 Å². The van der Waals surface area contributed by atoms with Crippen LogP contribution in [0, 0.1) is 0 Å². The first-order valence-corrected chi connectivity index (χ1v) is 8.85. The molecule has 1 heterocycles. The molecule has 1 amide bonds. The van der Waals surface area contributed by atoms with Crippen LogP contribution in [-0.2, 0) is 17.4 Å². The van der Waals surface area contributed by atoms with E-state index in [4.69, 9.17) is 5.73 Å². The fourth-order valence-electron chi connectivity index (χ4n) is 3.25. The lowest BCUT2D eigenvalue weighted by Crippen LogP contribution is -2.53. The Morgan fingerprint density at radius 1 is 1.00 bits per heavy atom. The highest BCUT2D eigenvalue weighted by atomic mass is 19.4. The first-order chi connectivity index (χ1) is 12.8. The Kier molecular flexibility index (Phi) is 5.70. The molecule has 4 nitrogen and oxygen atoms in total. The normalized spacial score (nSPS) is 16.3. The maximum Gasteiger partial charge on any atom is 0.416 e. The number of nitrogens with two attached hydrogens (primary N) is 1. The van der Waals surface area contributed by atoms with Crippen LogP contribution in [0.3, 0.4) is 0 Å². The number of carbonyl (C=O) groups excluding carboxylic acids is 1. The number of nitrogens with zero attached hydrogens (tertiary/aromatic N) is 2. The molecule has 1 saturated heterocycles. The van der Waals surface area contributed by atoms with Gasteiger partial charge in [0, 0.05) is 31.9 Å². The minimum atomic E-state index is -4.36. The van der Waals surface area contributed by atoms with Crippen molar-refractivity contribution in [2.45, 2.75) is 18.6 Å². The Morgan fingerprint density at radius 2 is 1.67 bits per heavy atom. The first kappa shape index (κ1) is 19.2. The second-order valence-electron chi connectivity index (χ2n) is 6.66. The van der Waals surface area contributed by atoms with Gasteiger partial charge in [0.2, 0.25) is 5.91 Å². The molecule has 2 aromatic rings. The van der Waals surface area contributed by atoms with Gasteiger partial charge in [0.25, 0.3) is 0 Å². The topological polar surface area (TPSA) is 49.6 Å². The largest absolute Gasteiger partial charge is 0.416 e. The third-order valence-corrected chi connectivity index (χ3v) is 4.75. The van der Waals surface area contributed by atoms with Gasteiger partial charge in [-0.2, -0.15) is 13.2 Å². The molecule has 2 aromatic carbocycles. The van der Waals surface area contributed by atoms with Gasteiger partial charge in [0.15, 0.2) is 0 Å². The number of anilines is 1. The van der Waals surface area contributed by atoms with E-state index in [2.05, 4.69) is 0 Å². The van der Waals surface area contributed by atoms with Crippen molar-refractivity contribution in [2.75, 3.05) is 31.1 Å². The van der Waals surface area contributed by atoms with Crippen molar-refractivity contribution in [3.63, 3.8) is 0 Å². The molecular weight excluding hydrogens is 355 g/mol. The van der Waals surface area contributed by atoms with Gasteiger partial charge >= 0.3 is 6.18 Å². The summed E-state index contributed by atoms with van der Waals surface area (Å²) in [4.78, 5) is 16.1. The minimum absolute atomic E-state index is 0.123. The summed E-state index contributed by atoms with van der Waals surface area (Å²) in [5, 5.41) is 0. The third kappa shape index (κ3) is 4.80. The summed E-state index contributed by atoms with van der Waals surface area (Å²) < 4.78 is 38.7. The van der Waals surface area contributed by atoms with E-state index in [1.165, 1.54) is 6.07 Å². The van der Waals surface area contributed by atoms with Crippen LogP contribution in [0.25, 0.3) is 0 Å². The van der Waals surface area contributed by atoms with Gasteiger partial charge in [-0.25, -0.2) is 0 Å². The SMILES string of the molecule is N[C@@H](Cc1ccccc1)C(=O)N1CCN(c2cccc(C(F)(F)F)c2)CC1. The molecule has 1 aliphatic rings. The Balaban J connectivity index is 1.58. The standard InChI is InChI=1S/C20H22F3N3O/c21-20(22,23)16-7-4-8-17(14-16)25-9-11-26(12-10-25)19(27)18(24)13-15-5-2-1-3-6-15/h1-8,14,18H,9-13,24H2/t18-/m0/s1. The summed E-state index contributed by atoms with van der Waals surface area (Å²) in [7, 11) is 0. The molecule has 2 N–H and O–H groups in total. The van der Waals surface area contributed by atoms with Crippen molar-refractivity contribution < 1.29 is 18.0 Å². The Labute approximate surface area is 156 Å². The van der Waals surface area contributed by atoms with Crippen molar-refractivity contribution in [2.24, 2.45) is 5.73 Å². The number of carbonyl (C=O) groups is 1. The molecule has 3 rings (SSSR count). The molecule has 1 atom stereocenters. The van der Waals surface area contributed by atoms with E-state index in [1.807, 2.05) is 35.2 Å². The number of piperazine rings is 1. The first-order valence-electron chi connectivity index (χ1n) is 8.85. The Morgan fingerprint density at radius 3 is 2.30 bits per heavy atom. The van der Waals surface area contributed by atoms with E-state index in [1.54, 1.807) is 11.0 Å². The van der Waals surface area contributed by atoms with Gasteiger partial charge in [-0.3, -0.25) is 4.79 Å². The van der Waals surface area contributed by atoms with Gasteiger partial charge in [-0.15, -0.1) is 0 Å². The summed E-state index contributed by atoms with van der Waals surface area (Å²) in [6, 6.07) is 14.2. The molecule has 1 aliphatic heterocycles. The molecular formula is C20H22F3N3O. The van der Waals surface area contributed by atoms with Crippen molar-refractivity contribution in [3.05, 3.63) is 65.7 Å². The fourth-order valence-corrected chi connectivity index (χ4v) is 3.25. The number of hydrogen-bond donors (Lipinski definition) is 1. The van der Waals surface area contributed by atoms with E-state index in [0.717, 1.165) is 17.7 Å². The average Bonchev–Trinajstić information content (AvgIpc) is 2.68. The number of rotatable bonds is 4. The van der Waals surface area contributed by atoms with E-state index in [0.29, 0.717) is 38.3 Å². The van der Waals surface area contributed by atoms with Crippen molar-refractivity contribution in [1.29, 1.82) is 0 Å². The third-order valence-electron chi connectivity index (χ3n) is 4.75. The van der Waals surface area contributed by atoms with Crippen LogP contribution in [0.1, 0.15) is 11.1 Å². The maximum absolute atomic E-state index is 12.9. The fraction of sp³-hybridized carbons (Fsp3) is 0.350. The van der Waals surface area contributed by atoms with Crippen molar-refractivity contribution >= 4 is 11.6 Å². The van der Waals surface area contributed by atoms with E-state index >= 15 is 0 Å². The van der Waals surface area contributed by atoms with E-state index in [-0.39, 0.29) is 5.91 Å². The summed E-state index contributed by atoms with van der Waals surface area (Å²) in [6.07, 6.45) is -3.90. The second kappa shape index (κ2) is 8.00. The lowest BCUT2D eigenvalue weighted by molar-refractivity contribution is -0.137. The smallest absolute Gasteiger partial charge is 0.368 e. The number of halogens is 3. The second-order valence-corrected chi connectivity index (χ2v) is 6.66. The molecule has 0 spiro atoms. The van der Waals surface area contributed by atoms with Crippen LogP contribution >= 0.6 is 0 Å². The highest BCUT2D eigenvalue weighted by Gasteiger charge is 2.31. The predicted molar refractivity (Wildman–Crippen MR) is 98.4 cm³/mol. The molecule has 27 heavy (non-hydrogen) atoms. The van der Waals surface area contributed by atoms with Crippen LogP contribution in [0.2, 0.25) is 0 Å². The highest BCUT2D eigenvalue weighted by Crippen LogP contribution is 2.31. The minimum Gasteiger partial charge on any atom is -0.368 e.